The summed E-state index contributed by atoms with van der Waals surface area (Å²) >= 11 is 0. The normalized spacial score (nSPS) is 51.6. The summed E-state index contributed by atoms with van der Waals surface area (Å²) in [6.45, 7) is 13.6. The molecule has 3 N–H and O–H groups in total. The van der Waals surface area contributed by atoms with E-state index in [0.717, 1.165) is 0 Å². The highest BCUT2D eigenvalue weighted by Crippen LogP contribution is 2.66. The Morgan fingerprint density at radius 1 is 1.24 bits per heavy atom. The van der Waals surface area contributed by atoms with Crippen molar-refractivity contribution < 1.29 is 34.4 Å². The first-order valence-electron chi connectivity index (χ1n) is 10.2. The number of hydrogen-bond donors (Lipinski definition) is 3. The fourth-order valence-electron chi connectivity index (χ4n) is 6.66. The summed E-state index contributed by atoms with van der Waals surface area (Å²) < 4.78 is 11.8. The minimum Gasteiger partial charge on any atom is -0.457 e. The molecular weight excluding hydrogens is 376 g/mol. The Morgan fingerprint density at radius 3 is 2.34 bits per heavy atom. The quantitative estimate of drug-likeness (QED) is 0.467. The van der Waals surface area contributed by atoms with Crippen molar-refractivity contribution in [2.45, 2.75) is 95.9 Å². The first kappa shape index (κ1) is 22.4. The van der Waals surface area contributed by atoms with Gasteiger partial charge in [-0.15, -0.1) is 6.58 Å². The lowest BCUT2D eigenvalue weighted by Crippen LogP contribution is -2.86. The largest absolute Gasteiger partial charge is 0.457 e. The van der Waals surface area contributed by atoms with E-state index in [2.05, 4.69) is 6.58 Å². The number of esters is 1. The Hall–Kier alpha value is -1.28. The van der Waals surface area contributed by atoms with Crippen LogP contribution < -0.4 is 0 Å². The van der Waals surface area contributed by atoms with Gasteiger partial charge in [0.1, 0.15) is 5.60 Å². The van der Waals surface area contributed by atoms with E-state index >= 15 is 0 Å². The number of rotatable bonds is 2. The van der Waals surface area contributed by atoms with Crippen LogP contribution >= 0.6 is 0 Å². The average molecular weight is 411 g/mol. The number of carbonyl (C=O) groups is 2. The number of Topliss-reactive ketones (excluding diaryl/α,β-unsaturated/α-hetero) is 1. The molecule has 29 heavy (non-hydrogen) atoms. The third-order valence-electron chi connectivity index (χ3n) is 8.02. The van der Waals surface area contributed by atoms with Crippen LogP contribution in [0.5, 0.6) is 0 Å². The summed E-state index contributed by atoms with van der Waals surface area (Å²) in [6, 6.07) is 0. The van der Waals surface area contributed by atoms with Crippen LogP contribution in [0.4, 0.5) is 0 Å². The second kappa shape index (κ2) is 6.36. The molecule has 7 heteroatoms. The van der Waals surface area contributed by atoms with Crippen molar-refractivity contribution in [1.29, 1.82) is 0 Å². The molecular formula is C22H34O7. The van der Waals surface area contributed by atoms with E-state index < -0.39 is 63.6 Å². The molecule has 8 atom stereocenters. The molecule has 0 bridgehead atoms. The number of fused-ring (bicyclic) bond motifs is 3. The Morgan fingerprint density at radius 2 is 1.83 bits per heavy atom. The Bertz CT molecular complexity index is 747. The highest BCUT2D eigenvalue weighted by molar-refractivity contribution is 5.92. The summed E-state index contributed by atoms with van der Waals surface area (Å²) in [4.78, 5) is 25.5. The van der Waals surface area contributed by atoms with Crippen molar-refractivity contribution in [1.82, 2.24) is 0 Å². The average Bonchev–Trinajstić information content (AvgIpc) is 2.59. The number of aliphatic hydroxyl groups excluding tert-OH is 2. The second-order valence-corrected chi connectivity index (χ2v) is 10.4. The molecule has 0 aromatic heterocycles. The van der Waals surface area contributed by atoms with Gasteiger partial charge in [0.25, 0.3) is 0 Å². The number of ketones is 1. The maximum atomic E-state index is 13.6. The molecule has 2 saturated carbocycles. The molecule has 3 fully saturated rings. The first-order chi connectivity index (χ1) is 13.1. The van der Waals surface area contributed by atoms with Gasteiger partial charge in [0.05, 0.1) is 17.8 Å². The SMILES string of the molecule is C=C[C@@]1(C)CC(=O)[C@@]2(O)[C@@]3(C)[C@H](O)CCC(C)(C)[C@@H]3[C@H](O)[C@H](OC(C)=O)[C@]2(C)O1. The molecule has 2 aliphatic carbocycles. The fourth-order valence-corrected chi connectivity index (χ4v) is 6.66. The van der Waals surface area contributed by atoms with Gasteiger partial charge in [0.15, 0.2) is 17.5 Å². The van der Waals surface area contributed by atoms with E-state index in [1.807, 2.05) is 13.8 Å². The van der Waals surface area contributed by atoms with Gasteiger partial charge in [0, 0.05) is 24.7 Å². The van der Waals surface area contributed by atoms with E-state index in [0.29, 0.717) is 12.8 Å². The molecule has 1 aliphatic heterocycles. The lowest BCUT2D eigenvalue weighted by molar-refractivity contribution is -0.370. The predicted molar refractivity (Wildman–Crippen MR) is 105 cm³/mol. The monoisotopic (exact) mass is 410 g/mol. The predicted octanol–water partition coefficient (Wildman–Crippen LogP) is 1.52. The fraction of sp³-hybridized carbons (Fsp3) is 0.818. The maximum absolute atomic E-state index is 13.6. The van der Waals surface area contributed by atoms with Crippen LogP contribution in [0.25, 0.3) is 0 Å². The molecule has 164 valence electrons. The highest BCUT2D eigenvalue weighted by Gasteiger charge is 2.81. The molecule has 3 rings (SSSR count). The highest BCUT2D eigenvalue weighted by atomic mass is 16.6. The Kier molecular flexibility index (Phi) is 4.91. The number of aliphatic hydroxyl groups is 3. The van der Waals surface area contributed by atoms with Crippen LogP contribution in [-0.2, 0) is 19.1 Å². The zero-order chi connectivity index (χ0) is 22.2. The van der Waals surface area contributed by atoms with Crippen LogP contribution in [0.1, 0.15) is 60.8 Å². The molecule has 0 radical (unpaired) electrons. The van der Waals surface area contributed by atoms with E-state index in [9.17, 15) is 24.9 Å². The summed E-state index contributed by atoms with van der Waals surface area (Å²) in [5.41, 5.74) is -7.00. The lowest BCUT2D eigenvalue weighted by atomic mass is 9.40. The number of hydrogen-bond acceptors (Lipinski definition) is 7. The smallest absolute Gasteiger partial charge is 0.303 e. The molecule has 0 unspecified atom stereocenters. The van der Waals surface area contributed by atoms with E-state index in [1.165, 1.54) is 19.9 Å². The van der Waals surface area contributed by atoms with Crippen LogP contribution in [0.2, 0.25) is 0 Å². The van der Waals surface area contributed by atoms with Gasteiger partial charge in [-0.3, -0.25) is 9.59 Å². The molecule has 0 amide bonds. The van der Waals surface area contributed by atoms with Gasteiger partial charge in [-0.1, -0.05) is 26.8 Å². The van der Waals surface area contributed by atoms with Crippen molar-refractivity contribution in [2.75, 3.05) is 0 Å². The van der Waals surface area contributed by atoms with Crippen molar-refractivity contribution in [3.63, 3.8) is 0 Å². The van der Waals surface area contributed by atoms with Crippen molar-refractivity contribution in [3.8, 4) is 0 Å². The molecule has 1 saturated heterocycles. The van der Waals surface area contributed by atoms with Gasteiger partial charge in [-0.05, 0) is 32.1 Å². The maximum Gasteiger partial charge on any atom is 0.303 e. The van der Waals surface area contributed by atoms with Crippen LogP contribution in [-0.4, -0.2) is 62.2 Å². The van der Waals surface area contributed by atoms with Gasteiger partial charge in [-0.2, -0.15) is 0 Å². The van der Waals surface area contributed by atoms with E-state index in [4.69, 9.17) is 9.47 Å². The molecule has 0 aromatic carbocycles. The zero-order valence-corrected chi connectivity index (χ0v) is 18.2. The van der Waals surface area contributed by atoms with E-state index in [-0.39, 0.29) is 6.42 Å². The molecule has 3 aliphatic rings. The summed E-state index contributed by atoms with van der Waals surface area (Å²) in [7, 11) is 0. The van der Waals surface area contributed by atoms with Gasteiger partial charge < -0.3 is 24.8 Å². The summed E-state index contributed by atoms with van der Waals surface area (Å²) in [5.74, 6) is -1.87. The Labute approximate surface area is 172 Å². The molecule has 7 nitrogen and oxygen atoms in total. The zero-order valence-electron chi connectivity index (χ0n) is 18.2. The van der Waals surface area contributed by atoms with Gasteiger partial charge in [0.2, 0.25) is 0 Å². The minimum absolute atomic E-state index is 0.138. The third-order valence-corrected chi connectivity index (χ3v) is 8.02. The standard InChI is InChI=1S/C22H34O7/c1-8-19(5)11-14(25)22(27)20(6)13(24)9-10-18(3,4)16(20)15(26)17(28-12(2)23)21(22,7)29-19/h8,13,15-17,24,26-27H,1,9-11H2,2-7H3/t13-,15+,16+,17+,19+,20+,21+,22-/m1/s1. The third kappa shape index (κ3) is 2.63. The first-order valence-corrected chi connectivity index (χ1v) is 10.2. The van der Waals surface area contributed by atoms with Gasteiger partial charge >= 0.3 is 5.97 Å². The minimum atomic E-state index is -2.18. The van der Waals surface area contributed by atoms with Crippen molar-refractivity contribution in [2.24, 2.45) is 16.7 Å². The topological polar surface area (TPSA) is 113 Å². The second-order valence-electron chi connectivity index (χ2n) is 10.4. The lowest BCUT2D eigenvalue weighted by Gasteiger charge is -2.71. The van der Waals surface area contributed by atoms with Crippen molar-refractivity contribution >= 4 is 11.8 Å². The molecule has 0 aromatic rings. The van der Waals surface area contributed by atoms with E-state index in [1.54, 1.807) is 13.8 Å². The van der Waals surface area contributed by atoms with Gasteiger partial charge in [-0.25, -0.2) is 0 Å². The molecule has 1 heterocycles. The van der Waals surface area contributed by atoms with Crippen LogP contribution in [0.3, 0.4) is 0 Å². The molecule has 0 spiro atoms. The van der Waals surface area contributed by atoms with Crippen LogP contribution in [0.15, 0.2) is 12.7 Å². The summed E-state index contributed by atoms with van der Waals surface area (Å²) in [6.07, 6.45) is -1.29. The Balaban J connectivity index is 2.33. The van der Waals surface area contributed by atoms with Crippen molar-refractivity contribution in [3.05, 3.63) is 12.7 Å². The number of carbonyl (C=O) groups excluding carboxylic acids is 2. The van der Waals surface area contributed by atoms with Crippen LogP contribution in [0, 0.1) is 16.7 Å². The summed E-state index contributed by atoms with van der Waals surface area (Å²) in [5, 5.41) is 34.7. The number of ether oxygens (including phenoxy) is 2.